The smallest absolute Gasteiger partial charge is 0.269 e. The topological polar surface area (TPSA) is 99.9 Å². The van der Waals surface area contributed by atoms with Crippen LogP contribution in [0.5, 0.6) is 0 Å². The number of pyridine rings is 2. The Hall–Kier alpha value is -3.29. The zero-order valence-electron chi connectivity index (χ0n) is 18.1. The fourth-order valence-corrected chi connectivity index (χ4v) is 4.41. The standard InChI is InChI=1S/C25H28N6O/c26-8-9-27-25(32)22-13-20-21-12-19(14-29-24(21)30-23(20)15-28-22)18-6-4-17(5-7-18)16-31-10-2-1-3-11-31/h4-7,12-15H,1-3,8-11,16,26H2,(H,27,32)(H,29,30). The number of aromatic nitrogens is 3. The van der Waals surface area contributed by atoms with Crippen molar-refractivity contribution in [3.8, 4) is 11.1 Å². The van der Waals surface area contributed by atoms with Crippen LogP contribution in [-0.4, -0.2) is 51.9 Å². The first-order chi connectivity index (χ1) is 15.7. The van der Waals surface area contributed by atoms with Gasteiger partial charge in [0.05, 0.1) is 11.7 Å². The lowest BCUT2D eigenvalue weighted by molar-refractivity contribution is 0.0950. The molecule has 0 spiro atoms. The predicted molar refractivity (Wildman–Crippen MR) is 127 cm³/mol. The van der Waals surface area contributed by atoms with E-state index in [0.717, 1.165) is 39.6 Å². The molecule has 1 aromatic carbocycles. The van der Waals surface area contributed by atoms with Crippen molar-refractivity contribution >= 4 is 27.8 Å². The van der Waals surface area contributed by atoms with E-state index in [1.807, 2.05) is 12.3 Å². The number of carbonyl (C=O) groups is 1. The van der Waals surface area contributed by atoms with Crippen molar-refractivity contribution < 1.29 is 4.79 Å². The summed E-state index contributed by atoms with van der Waals surface area (Å²) in [6, 6.07) is 12.7. The van der Waals surface area contributed by atoms with Crippen LogP contribution in [0, 0.1) is 0 Å². The van der Waals surface area contributed by atoms with Crippen molar-refractivity contribution in [2.45, 2.75) is 25.8 Å². The number of piperidine rings is 1. The van der Waals surface area contributed by atoms with Crippen LogP contribution in [0.15, 0.2) is 48.8 Å². The van der Waals surface area contributed by atoms with E-state index in [9.17, 15) is 4.79 Å². The van der Waals surface area contributed by atoms with Crippen molar-refractivity contribution in [3.05, 3.63) is 60.0 Å². The number of fused-ring (bicyclic) bond motifs is 3. The molecular formula is C25H28N6O. The van der Waals surface area contributed by atoms with Gasteiger partial charge in [-0.05, 0) is 49.2 Å². The number of rotatable bonds is 6. The molecule has 1 aliphatic heterocycles. The van der Waals surface area contributed by atoms with Gasteiger partial charge in [0.2, 0.25) is 0 Å². The summed E-state index contributed by atoms with van der Waals surface area (Å²) >= 11 is 0. The fraction of sp³-hybridized carbons (Fsp3) is 0.320. The highest BCUT2D eigenvalue weighted by molar-refractivity contribution is 6.08. The number of nitrogens with one attached hydrogen (secondary N) is 2. The lowest BCUT2D eigenvalue weighted by Crippen LogP contribution is -2.29. The van der Waals surface area contributed by atoms with Gasteiger partial charge in [-0.25, -0.2) is 9.97 Å². The Labute approximate surface area is 187 Å². The number of benzene rings is 1. The normalized spacial score (nSPS) is 14.8. The summed E-state index contributed by atoms with van der Waals surface area (Å²) in [7, 11) is 0. The molecule has 5 rings (SSSR count). The molecular weight excluding hydrogens is 400 g/mol. The van der Waals surface area contributed by atoms with Crippen LogP contribution < -0.4 is 11.1 Å². The molecule has 0 saturated carbocycles. The van der Waals surface area contributed by atoms with Gasteiger partial charge in [0.1, 0.15) is 11.3 Å². The summed E-state index contributed by atoms with van der Waals surface area (Å²) < 4.78 is 0. The Bertz CT molecular complexity index is 1240. The summed E-state index contributed by atoms with van der Waals surface area (Å²) in [5, 5.41) is 4.68. The van der Waals surface area contributed by atoms with E-state index < -0.39 is 0 Å². The van der Waals surface area contributed by atoms with Crippen LogP contribution in [0.1, 0.15) is 35.3 Å². The van der Waals surface area contributed by atoms with Crippen LogP contribution in [0.2, 0.25) is 0 Å². The molecule has 164 valence electrons. The SMILES string of the molecule is NCCNC(=O)c1cc2c(cn1)[nH]c1ncc(-c3ccc(CN4CCCCC4)cc3)cc12. The minimum absolute atomic E-state index is 0.222. The fourth-order valence-electron chi connectivity index (χ4n) is 4.41. The van der Waals surface area contributed by atoms with Gasteiger partial charge >= 0.3 is 0 Å². The van der Waals surface area contributed by atoms with Crippen LogP contribution in [0.25, 0.3) is 33.1 Å². The molecule has 1 amide bonds. The molecule has 32 heavy (non-hydrogen) atoms. The maximum Gasteiger partial charge on any atom is 0.269 e. The van der Waals surface area contributed by atoms with Crippen molar-refractivity contribution in [1.82, 2.24) is 25.2 Å². The molecule has 0 bridgehead atoms. The zero-order chi connectivity index (χ0) is 21.9. The van der Waals surface area contributed by atoms with E-state index >= 15 is 0 Å². The first-order valence-corrected chi connectivity index (χ1v) is 11.3. The number of hydrogen-bond donors (Lipinski definition) is 3. The third-order valence-corrected chi connectivity index (χ3v) is 6.14. The first kappa shape index (κ1) is 20.6. The highest BCUT2D eigenvalue weighted by Gasteiger charge is 2.13. The Morgan fingerprint density at radius 2 is 1.81 bits per heavy atom. The largest absolute Gasteiger partial charge is 0.349 e. The molecule has 0 radical (unpaired) electrons. The number of hydrogen-bond acceptors (Lipinski definition) is 5. The van der Waals surface area contributed by atoms with Gasteiger partial charge in [-0.1, -0.05) is 30.7 Å². The highest BCUT2D eigenvalue weighted by Crippen LogP contribution is 2.29. The molecule has 7 heteroatoms. The second-order valence-electron chi connectivity index (χ2n) is 8.44. The van der Waals surface area contributed by atoms with Crippen LogP contribution >= 0.6 is 0 Å². The van der Waals surface area contributed by atoms with Crippen molar-refractivity contribution in [2.24, 2.45) is 5.73 Å². The van der Waals surface area contributed by atoms with E-state index in [4.69, 9.17) is 5.73 Å². The molecule has 3 aromatic heterocycles. The average molecular weight is 429 g/mol. The van der Waals surface area contributed by atoms with E-state index in [2.05, 4.69) is 55.5 Å². The molecule has 4 heterocycles. The maximum atomic E-state index is 12.3. The van der Waals surface area contributed by atoms with Gasteiger partial charge in [-0.3, -0.25) is 9.69 Å². The molecule has 0 atom stereocenters. The Morgan fingerprint density at radius 3 is 2.59 bits per heavy atom. The quantitative estimate of drug-likeness (QED) is 0.437. The third kappa shape index (κ3) is 4.22. The van der Waals surface area contributed by atoms with Crippen LogP contribution in [0.4, 0.5) is 0 Å². The lowest BCUT2D eigenvalue weighted by atomic mass is 10.0. The number of nitrogens with zero attached hydrogens (tertiary/aromatic N) is 3. The van der Waals surface area contributed by atoms with E-state index in [0.29, 0.717) is 18.8 Å². The van der Waals surface area contributed by atoms with Crippen molar-refractivity contribution in [2.75, 3.05) is 26.2 Å². The Balaban J connectivity index is 1.42. The predicted octanol–water partition coefficient (Wildman–Crippen LogP) is 3.45. The van der Waals surface area contributed by atoms with Crippen molar-refractivity contribution in [3.63, 3.8) is 0 Å². The number of nitrogens with two attached hydrogens (primary N) is 1. The van der Waals surface area contributed by atoms with E-state index in [-0.39, 0.29) is 5.91 Å². The average Bonchev–Trinajstić information content (AvgIpc) is 3.21. The number of aromatic amines is 1. The van der Waals surface area contributed by atoms with Crippen LogP contribution in [-0.2, 0) is 6.54 Å². The molecule has 4 aromatic rings. The monoisotopic (exact) mass is 428 g/mol. The highest BCUT2D eigenvalue weighted by atomic mass is 16.1. The van der Waals surface area contributed by atoms with E-state index in [1.54, 1.807) is 6.20 Å². The van der Waals surface area contributed by atoms with Gasteiger partial charge < -0.3 is 16.0 Å². The van der Waals surface area contributed by atoms with E-state index in [1.165, 1.54) is 37.9 Å². The Kier molecular flexibility index (Phi) is 5.83. The zero-order valence-corrected chi connectivity index (χ0v) is 18.1. The van der Waals surface area contributed by atoms with Gasteiger partial charge in [-0.15, -0.1) is 0 Å². The summed E-state index contributed by atoms with van der Waals surface area (Å²) in [6.45, 7) is 4.23. The minimum atomic E-state index is -0.222. The van der Waals surface area contributed by atoms with Gasteiger partial charge in [0, 0.05) is 42.2 Å². The summed E-state index contributed by atoms with van der Waals surface area (Å²) in [5.41, 5.74) is 11.0. The molecule has 0 aliphatic carbocycles. The number of H-pyrrole nitrogens is 1. The minimum Gasteiger partial charge on any atom is -0.349 e. The summed E-state index contributed by atoms with van der Waals surface area (Å²) in [5.74, 6) is -0.222. The van der Waals surface area contributed by atoms with Gasteiger partial charge in [0.15, 0.2) is 0 Å². The number of likely N-dealkylation sites (tertiary alicyclic amines) is 1. The molecule has 0 unspecified atom stereocenters. The molecule has 1 fully saturated rings. The molecule has 1 saturated heterocycles. The second kappa shape index (κ2) is 9.06. The molecule has 7 nitrogen and oxygen atoms in total. The van der Waals surface area contributed by atoms with Crippen molar-refractivity contribution in [1.29, 1.82) is 0 Å². The lowest BCUT2D eigenvalue weighted by Gasteiger charge is -2.26. The Morgan fingerprint density at radius 1 is 1.00 bits per heavy atom. The maximum absolute atomic E-state index is 12.3. The van der Waals surface area contributed by atoms with Gasteiger partial charge in [0.25, 0.3) is 5.91 Å². The second-order valence-corrected chi connectivity index (χ2v) is 8.44. The number of amides is 1. The summed E-state index contributed by atoms with van der Waals surface area (Å²) in [6.07, 6.45) is 7.54. The van der Waals surface area contributed by atoms with Crippen LogP contribution in [0.3, 0.4) is 0 Å². The summed E-state index contributed by atoms with van der Waals surface area (Å²) in [4.78, 5) is 27.0. The molecule has 4 N–H and O–H groups in total. The molecule has 1 aliphatic rings. The first-order valence-electron chi connectivity index (χ1n) is 11.3. The number of carbonyl (C=O) groups excluding carboxylic acids is 1. The van der Waals surface area contributed by atoms with Gasteiger partial charge in [-0.2, -0.15) is 0 Å². The third-order valence-electron chi connectivity index (χ3n) is 6.14.